The minimum atomic E-state index is -0.0723. The number of benzene rings is 1. The van der Waals surface area contributed by atoms with Gasteiger partial charge in [-0.3, -0.25) is 0 Å². The molecule has 5 nitrogen and oxygen atoms in total. The summed E-state index contributed by atoms with van der Waals surface area (Å²) in [7, 11) is 1.39. The average molecular weight is 227 g/mol. The monoisotopic (exact) mass is 227 g/mol. The van der Waals surface area contributed by atoms with Gasteiger partial charge >= 0.3 is 0 Å². The SMILES string of the molecule is COC(Cc1cccc(N=O)c1)=C(C#N)C#N. The van der Waals surface area contributed by atoms with Crippen LogP contribution in [0.1, 0.15) is 5.56 Å². The molecule has 1 aromatic rings. The molecule has 0 saturated carbocycles. The molecule has 0 atom stereocenters. The summed E-state index contributed by atoms with van der Waals surface area (Å²) in [5, 5.41) is 20.3. The lowest BCUT2D eigenvalue weighted by Gasteiger charge is -2.06. The van der Waals surface area contributed by atoms with Crippen molar-refractivity contribution >= 4 is 5.69 Å². The lowest BCUT2D eigenvalue weighted by atomic mass is 10.1. The molecule has 0 fully saturated rings. The van der Waals surface area contributed by atoms with Crippen molar-refractivity contribution in [2.45, 2.75) is 6.42 Å². The molecule has 0 N–H and O–H groups in total. The molecule has 0 aliphatic heterocycles. The van der Waals surface area contributed by atoms with Crippen molar-refractivity contribution in [1.29, 1.82) is 10.5 Å². The standard InChI is InChI=1S/C12H9N3O2/c1-17-12(10(7-13)8-14)6-9-3-2-4-11(5-9)15-16/h2-5H,6H2,1H3. The van der Waals surface area contributed by atoms with Crippen LogP contribution in [0, 0.1) is 27.6 Å². The quantitative estimate of drug-likeness (QED) is 0.449. The van der Waals surface area contributed by atoms with E-state index in [1.54, 1.807) is 36.4 Å². The largest absolute Gasteiger partial charge is 0.499 e. The molecule has 17 heavy (non-hydrogen) atoms. The number of hydrogen-bond acceptors (Lipinski definition) is 5. The Labute approximate surface area is 98.5 Å². The predicted molar refractivity (Wildman–Crippen MR) is 60.9 cm³/mol. The summed E-state index contributed by atoms with van der Waals surface area (Å²) < 4.78 is 5.00. The van der Waals surface area contributed by atoms with E-state index in [9.17, 15) is 4.91 Å². The maximum Gasteiger partial charge on any atom is 0.167 e. The van der Waals surface area contributed by atoms with Gasteiger partial charge in [-0.25, -0.2) is 0 Å². The van der Waals surface area contributed by atoms with Crippen molar-refractivity contribution in [3.05, 3.63) is 46.1 Å². The van der Waals surface area contributed by atoms with Crippen LogP contribution in [-0.4, -0.2) is 7.11 Å². The Hall–Kier alpha value is -2.66. The summed E-state index contributed by atoms with van der Waals surface area (Å²) in [6.07, 6.45) is 0.274. The first-order chi connectivity index (χ1) is 8.24. The van der Waals surface area contributed by atoms with E-state index in [1.807, 2.05) is 0 Å². The topological polar surface area (TPSA) is 86.2 Å². The number of ether oxygens (including phenoxy) is 1. The van der Waals surface area contributed by atoms with Crippen molar-refractivity contribution in [1.82, 2.24) is 0 Å². The van der Waals surface area contributed by atoms with Crippen LogP contribution in [-0.2, 0) is 11.2 Å². The lowest BCUT2D eigenvalue weighted by molar-refractivity contribution is 0.281. The first-order valence-corrected chi connectivity index (χ1v) is 4.74. The zero-order valence-corrected chi connectivity index (χ0v) is 9.17. The van der Waals surface area contributed by atoms with Crippen LogP contribution in [0.4, 0.5) is 5.69 Å². The molecule has 0 aromatic heterocycles. The molecule has 0 aliphatic rings. The Morgan fingerprint density at radius 3 is 2.65 bits per heavy atom. The highest BCUT2D eigenvalue weighted by Crippen LogP contribution is 2.18. The van der Waals surface area contributed by atoms with Crippen LogP contribution >= 0.6 is 0 Å². The van der Waals surface area contributed by atoms with E-state index in [0.717, 1.165) is 5.56 Å². The zero-order valence-electron chi connectivity index (χ0n) is 9.17. The molecule has 1 aromatic carbocycles. The normalized spacial score (nSPS) is 8.65. The molecule has 5 heteroatoms. The number of hydrogen-bond donors (Lipinski definition) is 0. The fourth-order valence-electron chi connectivity index (χ4n) is 1.32. The van der Waals surface area contributed by atoms with Gasteiger partial charge in [-0.15, -0.1) is 4.91 Å². The van der Waals surface area contributed by atoms with E-state index in [-0.39, 0.29) is 17.8 Å². The highest BCUT2D eigenvalue weighted by Gasteiger charge is 2.08. The molecule has 0 unspecified atom stereocenters. The molecule has 1 rings (SSSR count). The van der Waals surface area contributed by atoms with Gasteiger partial charge < -0.3 is 4.74 Å². The van der Waals surface area contributed by atoms with Crippen molar-refractivity contribution in [3.8, 4) is 12.1 Å². The van der Waals surface area contributed by atoms with Crippen molar-refractivity contribution in [2.24, 2.45) is 5.18 Å². The summed E-state index contributed by atoms with van der Waals surface area (Å²) in [5.41, 5.74) is 0.979. The van der Waals surface area contributed by atoms with Gasteiger partial charge in [-0.2, -0.15) is 10.5 Å². The molecule has 0 heterocycles. The van der Waals surface area contributed by atoms with E-state index in [2.05, 4.69) is 5.18 Å². The lowest BCUT2D eigenvalue weighted by Crippen LogP contribution is -1.97. The molecule has 84 valence electrons. The van der Waals surface area contributed by atoms with Crippen LogP contribution < -0.4 is 0 Å². The summed E-state index contributed by atoms with van der Waals surface area (Å²) in [6, 6.07) is 10.1. The number of rotatable bonds is 4. The molecular formula is C12H9N3O2. The first-order valence-electron chi connectivity index (χ1n) is 4.74. The highest BCUT2D eigenvalue weighted by atomic mass is 16.5. The minimum absolute atomic E-state index is 0.0723. The molecule has 0 aliphatic carbocycles. The van der Waals surface area contributed by atoms with Gasteiger partial charge in [0.2, 0.25) is 0 Å². The van der Waals surface area contributed by atoms with Gasteiger partial charge in [0.15, 0.2) is 5.57 Å². The number of nitroso groups, excluding NO2 is 1. The Kier molecular flexibility index (Phi) is 4.41. The van der Waals surface area contributed by atoms with Gasteiger partial charge in [0.1, 0.15) is 23.6 Å². The van der Waals surface area contributed by atoms with E-state index >= 15 is 0 Å². The van der Waals surface area contributed by atoms with E-state index < -0.39 is 0 Å². The fraction of sp³-hybridized carbons (Fsp3) is 0.167. The van der Waals surface area contributed by atoms with E-state index in [1.165, 1.54) is 7.11 Å². The van der Waals surface area contributed by atoms with Crippen LogP contribution in [0.25, 0.3) is 0 Å². The first kappa shape index (κ1) is 12.4. The fourth-order valence-corrected chi connectivity index (χ4v) is 1.32. The van der Waals surface area contributed by atoms with Gasteiger partial charge in [0.05, 0.1) is 7.11 Å². The van der Waals surface area contributed by atoms with Crippen LogP contribution in [0.3, 0.4) is 0 Å². The second-order valence-electron chi connectivity index (χ2n) is 3.16. The Morgan fingerprint density at radius 1 is 1.41 bits per heavy atom. The smallest absolute Gasteiger partial charge is 0.167 e. The summed E-state index contributed by atoms with van der Waals surface area (Å²) in [4.78, 5) is 10.4. The Bertz CT molecular complexity index is 519. The van der Waals surface area contributed by atoms with Crippen LogP contribution in [0.2, 0.25) is 0 Å². The van der Waals surface area contributed by atoms with E-state index in [0.29, 0.717) is 5.69 Å². The zero-order chi connectivity index (χ0) is 12.7. The molecular weight excluding hydrogens is 218 g/mol. The molecule has 0 saturated heterocycles. The predicted octanol–water partition coefficient (Wildman–Crippen LogP) is 2.57. The summed E-state index contributed by atoms with van der Waals surface area (Å²) in [6.45, 7) is 0. The number of methoxy groups -OCH3 is 1. The third-order valence-corrected chi connectivity index (χ3v) is 2.13. The maximum atomic E-state index is 10.4. The van der Waals surface area contributed by atoms with Crippen molar-refractivity contribution < 1.29 is 4.74 Å². The van der Waals surface area contributed by atoms with Gasteiger partial charge in [-0.1, -0.05) is 12.1 Å². The van der Waals surface area contributed by atoms with Crippen molar-refractivity contribution in [2.75, 3.05) is 7.11 Å². The number of allylic oxidation sites excluding steroid dienone is 2. The van der Waals surface area contributed by atoms with Gasteiger partial charge in [-0.05, 0) is 22.9 Å². The minimum Gasteiger partial charge on any atom is -0.499 e. The second kappa shape index (κ2) is 6.04. The number of nitriles is 2. The Balaban J connectivity index is 3.05. The molecule has 0 spiro atoms. The van der Waals surface area contributed by atoms with Gasteiger partial charge in [0, 0.05) is 6.42 Å². The third kappa shape index (κ3) is 3.15. The second-order valence-corrected chi connectivity index (χ2v) is 3.16. The molecule has 0 bridgehead atoms. The van der Waals surface area contributed by atoms with Crippen LogP contribution in [0.15, 0.2) is 40.8 Å². The summed E-state index contributed by atoms with van der Waals surface area (Å²) >= 11 is 0. The average Bonchev–Trinajstić information content (AvgIpc) is 2.39. The maximum absolute atomic E-state index is 10.4. The molecule has 0 amide bonds. The molecule has 0 radical (unpaired) electrons. The van der Waals surface area contributed by atoms with Crippen molar-refractivity contribution in [3.63, 3.8) is 0 Å². The Morgan fingerprint density at radius 2 is 2.12 bits per heavy atom. The number of nitrogens with zero attached hydrogens (tertiary/aromatic N) is 3. The van der Waals surface area contributed by atoms with Crippen LogP contribution in [0.5, 0.6) is 0 Å². The third-order valence-electron chi connectivity index (χ3n) is 2.13. The van der Waals surface area contributed by atoms with Gasteiger partial charge in [0.25, 0.3) is 0 Å². The highest BCUT2D eigenvalue weighted by molar-refractivity contribution is 5.43. The summed E-state index contributed by atoms with van der Waals surface area (Å²) in [5.74, 6) is 0.276. The van der Waals surface area contributed by atoms with E-state index in [4.69, 9.17) is 15.3 Å².